The zero-order chi connectivity index (χ0) is 12.5. The SMILES string of the molecule is CC1CCCCC1NC(=S)NC1CC2CCC1C2. The van der Waals surface area contributed by atoms with Crippen molar-refractivity contribution < 1.29 is 0 Å². The van der Waals surface area contributed by atoms with Gasteiger partial charge in [-0.2, -0.15) is 0 Å². The summed E-state index contributed by atoms with van der Waals surface area (Å²) in [4.78, 5) is 0. The number of nitrogens with one attached hydrogen (secondary N) is 2. The largest absolute Gasteiger partial charge is 0.360 e. The van der Waals surface area contributed by atoms with Gasteiger partial charge in [-0.3, -0.25) is 0 Å². The molecule has 5 unspecified atom stereocenters. The molecule has 5 atom stereocenters. The fraction of sp³-hybridized carbons (Fsp3) is 0.933. The average molecular weight is 266 g/mol. The molecule has 0 aromatic carbocycles. The molecule has 0 aromatic rings. The first-order valence-corrected chi connectivity index (χ1v) is 8.20. The minimum Gasteiger partial charge on any atom is -0.360 e. The van der Waals surface area contributed by atoms with Crippen LogP contribution in [0.5, 0.6) is 0 Å². The fourth-order valence-corrected chi connectivity index (χ4v) is 4.63. The van der Waals surface area contributed by atoms with E-state index in [-0.39, 0.29) is 0 Å². The molecule has 3 fully saturated rings. The van der Waals surface area contributed by atoms with E-state index in [1.54, 1.807) is 0 Å². The van der Waals surface area contributed by atoms with E-state index in [1.165, 1.54) is 51.4 Å². The van der Waals surface area contributed by atoms with Crippen LogP contribution in [0.1, 0.15) is 58.3 Å². The summed E-state index contributed by atoms with van der Waals surface area (Å²) in [6, 6.07) is 1.28. The Bertz CT molecular complexity index is 312. The Morgan fingerprint density at radius 3 is 2.39 bits per heavy atom. The minimum atomic E-state index is 0.609. The monoisotopic (exact) mass is 266 g/mol. The van der Waals surface area contributed by atoms with Gasteiger partial charge in [0.2, 0.25) is 0 Å². The summed E-state index contributed by atoms with van der Waals surface area (Å²) < 4.78 is 0. The van der Waals surface area contributed by atoms with E-state index >= 15 is 0 Å². The fourth-order valence-electron chi connectivity index (χ4n) is 4.33. The Balaban J connectivity index is 1.47. The lowest BCUT2D eigenvalue weighted by Gasteiger charge is -2.32. The second-order valence-corrected chi connectivity index (χ2v) is 7.18. The van der Waals surface area contributed by atoms with Crippen molar-refractivity contribution in [2.75, 3.05) is 0 Å². The molecular formula is C15H26N2S. The lowest BCUT2D eigenvalue weighted by Crippen LogP contribution is -2.50. The van der Waals surface area contributed by atoms with Crippen LogP contribution in [0.3, 0.4) is 0 Å². The second kappa shape index (κ2) is 5.36. The predicted molar refractivity (Wildman–Crippen MR) is 79.5 cm³/mol. The molecule has 0 aromatic heterocycles. The van der Waals surface area contributed by atoms with Crippen LogP contribution >= 0.6 is 12.2 Å². The number of rotatable bonds is 2. The van der Waals surface area contributed by atoms with Crippen molar-refractivity contribution in [1.29, 1.82) is 0 Å². The normalized spacial score (nSPS) is 42.8. The summed E-state index contributed by atoms with van der Waals surface area (Å²) in [6.45, 7) is 2.36. The molecule has 3 aliphatic carbocycles. The summed E-state index contributed by atoms with van der Waals surface area (Å²) in [5.41, 5.74) is 0. The van der Waals surface area contributed by atoms with Gasteiger partial charge < -0.3 is 10.6 Å². The van der Waals surface area contributed by atoms with Gasteiger partial charge in [-0.25, -0.2) is 0 Å². The van der Waals surface area contributed by atoms with Gasteiger partial charge in [0.25, 0.3) is 0 Å². The van der Waals surface area contributed by atoms with Crippen molar-refractivity contribution in [2.45, 2.75) is 70.4 Å². The summed E-state index contributed by atoms with van der Waals surface area (Å²) in [5, 5.41) is 8.10. The number of hydrogen-bond donors (Lipinski definition) is 2. The van der Waals surface area contributed by atoms with Gasteiger partial charge in [-0.1, -0.05) is 26.2 Å². The number of fused-ring (bicyclic) bond motifs is 2. The Kier molecular flexibility index (Phi) is 3.78. The Labute approximate surface area is 116 Å². The van der Waals surface area contributed by atoms with Crippen molar-refractivity contribution in [3.05, 3.63) is 0 Å². The molecule has 2 nitrogen and oxygen atoms in total. The van der Waals surface area contributed by atoms with Gasteiger partial charge in [0.15, 0.2) is 5.11 Å². The maximum Gasteiger partial charge on any atom is 0.166 e. The summed E-state index contributed by atoms with van der Waals surface area (Å²) >= 11 is 5.52. The lowest BCUT2D eigenvalue weighted by molar-refractivity contribution is 0.305. The molecule has 0 spiro atoms. The molecule has 2 bridgehead atoms. The third kappa shape index (κ3) is 2.66. The Hall–Kier alpha value is -0.310. The maximum absolute atomic E-state index is 5.52. The van der Waals surface area contributed by atoms with E-state index in [0.717, 1.165) is 22.9 Å². The number of hydrogen-bond acceptors (Lipinski definition) is 1. The van der Waals surface area contributed by atoms with Gasteiger partial charge in [-0.05, 0) is 62.1 Å². The van der Waals surface area contributed by atoms with Crippen LogP contribution in [0.15, 0.2) is 0 Å². The first-order valence-electron chi connectivity index (χ1n) is 7.79. The lowest BCUT2D eigenvalue weighted by atomic mass is 9.86. The highest BCUT2D eigenvalue weighted by molar-refractivity contribution is 7.80. The van der Waals surface area contributed by atoms with E-state index in [2.05, 4.69) is 17.6 Å². The highest BCUT2D eigenvalue weighted by Gasteiger charge is 2.39. The van der Waals surface area contributed by atoms with Crippen LogP contribution in [0.2, 0.25) is 0 Å². The molecule has 3 heteroatoms. The molecule has 3 rings (SSSR count). The smallest absolute Gasteiger partial charge is 0.166 e. The van der Waals surface area contributed by atoms with E-state index in [0.29, 0.717) is 12.1 Å². The highest BCUT2D eigenvalue weighted by Crippen LogP contribution is 2.44. The predicted octanol–water partition coefficient (Wildman–Crippen LogP) is 3.22. The molecule has 102 valence electrons. The molecule has 0 radical (unpaired) electrons. The summed E-state index contributed by atoms with van der Waals surface area (Å²) in [7, 11) is 0. The first-order chi connectivity index (χ1) is 8.72. The van der Waals surface area contributed by atoms with Gasteiger partial charge in [0.05, 0.1) is 0 Å². The van der Waals surface area contributed by atoms with Crippen molar-refractivity contribution in [3.63, 3.8) is 0 Å². The Morgan fingerprint density at radius 2 is 1.72 bits per heavy atom. The molecule has 0 heterocycles. The highest BCUT2D eigenvalue weighted by atomic mass is 32.1. The molecule has 0 saturated heterocycles. The summed E-state index contributed by atoms with van der Waals surface area (Å²) in [5.74, 6) is 2.67. The van der Waals surface area contributed by atoms with E-state index in [9.17, 15) is 0 Å². The van der Waals surface area contributed by atoms with Crippen LogP contribution in [-0.4, -0.2) is 17.2 Å². The molecule has 0 aliphatic heterocycles. The van der Waals surface area contributed by atoms with Gasteiger partial charge in [0.1, 0.15) is 0 Å². The quantitative estimate of drug-likeness (QED) is 0.751. The van der Waals surface area contributed by atoms with Crippen LogP contribution < -0.4 is 10.6 Å². The summed E-state index contributed by atoms with van der Waals surface area (Å²) in [6.07, 6.45) is 11.1. The van der Waals surface area contributed by atoms with E-state index in [1.807, 2.05) is 0 Å². The van der Waals surface area contributed by atoms with Crippen LogP contribution in [0.4, 0.5) is 0 Å². The second-order valence-electron chi connectivity index (χ2n) is 6.77. The third-order valence-corrected chi connectivity index (χ3v) is 5.72. The first kappa shape index (κ1) is 12.7. The Morgan fingerprint density at radius 1 is 0.944 bits per heavy atom. The van der Waals surface area contributed by atoms with E-state index < -0.39 is 0 Å². The zero-order valence-electron chi connectivity index (χ0n) is 11.5. The van der Waals surface area contributed by atoms with Crippen molar-refractivity contribution in [1.82, 2.24) is 10.6 Å². The maximum atomic E-state index is 5.52. The molecule has 3 saturated carbocycles. The minimum absolute atomic E-state index is 0.609. The van der Waals surface area contributed by atoms with Crippen LogP contribution in [-0.2, 0) is 0 Å². The third-order valence-electron chi connectivity index (χ3n) is 5.48. The molecule has 18 heavy (non-hydrogen) atoms. The zero-order valence-corrected chi connectivity index (χ0v) is 12.3. The average Bonchev–Trinajstić information content (AvgIpc) is 2.94. The van der Waals surface area contributed by atoms with Crippen molar-refractivity contribution >= 4 is 17.3 Å². The van der Waals surface area contributed by atoms with Crippen LogP contribution in [0, 0.1) is 17.8 Å². The topological polar surface area (TPSA) is 24.1 Å². The van der Waals surface area contributed by atoms with Crippen LogP contribution in [0.25, 0.3) is 0 Å². The van der Waals surface area contributed by atoms with Crippen molar-refractivity contribution in [2.24, 2.45) is 17.8 Å². The van der Waals surface area contributed by atoms with E-state index in [4.69, 9.17) is 12.2 Å². The molecule has 0 amide bonds. The van der Waals surface area contributed by atoms with Gasteiger partial charge in [0, 0.05) is 12.1 Å². The van der Waals surface area contributed by atoms with Crippen molar-refractivity contribution in [3.8, 4) is 0 Å². The van der Waals surface area contributed by atoms with Gasteiger partial charge in [-0.15, -0.1) is 0 Å². The molecule has 3 aliphatic rings. The van der Waals surface area contributed by atoms with Gasteiger partial charge >= 0.3 is 0 Å². The number of thiocarbonyl (C=S) groups is 1. The standard InChI is InChI=1S/C15H26N2S/c1-10-4-2-3-5-13(10)16-15(18)17-14-9-11-6-7-12(14)8-11/h10-14H,2-9H2,1H3,(H2,16,17,18). The molecular weight excluding hydrogens is 240 g/mol. The molecule has 2 N–H and O–H groups in total.